The van der Waals surface area contributed by atoms with Crippen molar-refractivity contribution in [2.24, 2.45) is 0 Å². The van der Waals surface area contributed by atoms with Crippen LogP contribution in [0.25, 0.3) is 10.1 Å². The molecule has 2 aromatic carbocycles. The average molecular weight is 503 g/mol. The molecule has 2 fully saturated rings. The van der Waals surface area contributed by atoms with Gasteiger partial charge in [0, 0.05) is 16.3 Å². The molecule has 0 bridgehead atoms. The van der Waals surface area contributed by atoms with Crippen molar-refractivity contribution in [1.29, 1.82) is 0 Å². The number of Topliss-reactive ketones (excluding diaryl/α,β-unsaturated/α-hetero) is 1. The van der Waals surface area contributed by atoms with E-state index < -0.39 is 29.7 Å². The number of halogens is 2. The van der Waals surface area contributed by atoms with Gasteiger partial charge in [-0.2, -0.15) is 0 Å². The van der Waals surface area contributed by atoms with Crippen LogP contribution in [0.5, 0.6) is 5.75 Å². The molecule has 1 aliphatic heterocycles. The van der Waals surface area contributed by atoms with E-state index in [-0.39, 0.29) is 11.9 Å². The highest BCUT2D eigenvalue weighted by Crippen LogP contribution is 2.31. The monoisotopic (exact) mass is 502 g/mol. The number of carbonyl (C=O) groups excluding carboxylic acids is 2. The van der Waals surface area contributed by atoms with Gasteiger partial charge < -0.3 is 20.1 Å². The minimum absolute atomic E-state index is 0.0552. The summed E-state index contributed by atoms with van der Waals surface area (Å²) in [5.74, 6) is -1.90. The van der Waals surface area contributed by atoms with Crippen LogP contribution in [0.3, 0.4) is 0 Å². The van der Waals surface area contributed by atoms with Crippen LogP contribution >= 0.6 is 22.9 Å². The van der Waals surface area contributed by atoms with Crippen molar-refractivity contribution >= 4 is 44.7 Å². The number of hydrogen-bond acceptors (Lipinski definition) is 6. The Morgan fingerprint density at radius 3 is 2.68 bits per heavy atom. The maximum atomic E-state index is 14.5. The fourth-order valence-electron chi connectivity index (χ4n) is 3.92. The van der Waals surface area contributed by atoms with E-state index in [4.69, 9.17) is 16.3 Å². The summed E-state index contributed by atoms with van der Waals surface area (Å²) < 4.78 is 20.9. The molecule has 6 nitrogen and oxygen atoms in total. The molecule has 2 atom stereocenters. The summed E-state index contributed by atoms with van der Waals surface area (Å²) in [6, 6.07) is 10.5. The zero-order chi connectivity index (χ0) is 23.8. The van der Waals surface area contributed by atoms with Crippen molar-refractivity contribution < 1.29 is 23.8 Å². The van der Waals surface area contributed by atoms with E-state index in [9.17, 15) is 19.1 Å². The number of hydrogen-bond donors (Lipinski definition) is 2. The second kappa shape index (κ2) is 9.62. The van der Waals surface area contributed by atoms with Gasteiger partial charge in [0.05, 0.1) is 17.0 Å². The Morgan fingerprint density at radius 1 is 1.21 bits per heavy atom. The molecular weight excluding hydrogens is 479 g/mol. The van der Waals surface area contributed by atoms with Crippen molar-refractivity contribution in [2.45, 2.75) is 37.5 Å². The molecule has 1 amide bonds. The molecule has 2 heterocycles. The highest BCUT2D eigenvalue weighted by molar-refractivity contribution is 7.21. The maximum absolute atomic E-state index is 14.5. The third-order valence-corrected chi connectivity index (χ3v) is 7.46. The molecule has 3 aromatic rings. The van der Waals surface area contributed by atoms with Gasteiger partial charge in [-0.05, 0) is 73.6 Å². The fourth-order valence-corrected chi connectivity index (χ4v) is 5.20. The van der Waals surface area contributed by atoms with E-state index in [0.29, 0.717) is 22.0 Å². The van der Waals surface area contributed by atoms with E-state index in [1.54, 1.807) is 30.3 Å². The molecule has 2 aliphatic rings. The zero-order valence-electron chi connectivity index (χ0n) is 18.3. The van der Waals surface area contributed by atoms with Gasteiger partial charge in [0.25, 0.3) is 11.7 Å². The summed E-state index contributed by atoms with van der Waals surface area (Å²) in [4.78, 5) is 28.1. The molecule has 0 spiro atoms. The molecule has 5 rings (SSSR count). The highest BCUT2D eigenvalue weighted by atomic mass is 35.5. The van der Waals surface area contributed by atoms with E-state index in [2.05, 4.69) is 10.2 Å². The van der Waals surface area contributed by atoms with Gasteiger partial charge in [0.15, 0.2) is 11.6 Å². The molecule has 34 heavy (non-hydrogen) atoms. The van der Waals surface area contributed by atoms with Gasteiger partial charge in [0.1, 0.15) is 6.10 Å². The SMILES string of the molecule is O=C(N[C@H](CN1CCC1)[C@H](O)c1ccc(OC2CC2)c(F)c1)C(=O)c1cc2ccc(Cl)cc2s1. The Balaban J connectivity index is 1.32. The molecule has 1 saturated heterocycles. The third kappa shape index (κ3) is 5.10. The number of thiophene rings is 1. The van der Waals surface area contributed by atoms with E-state index in [1.807, 2.05) is 0 Å². The predicted molar refractivity (Wildman–Crippen MR) is 129 cm³/mol. The fraction of sp³-hybridized carbons (Fsp3) is 0.360. The zero-order valence-corrected chi connectivity index (χ0v) is 19.9. The van der Waals surface area contributed by atoms with Gasteiger partial charge in [-0.25, -0.2) is 4.39 Å². The molecule has 2 N–H and O–H groups in total. The van der Waals surface area contributed by atoms with Crippen molar-refractivity contribution in [2.75, 3.05) is 19.6 Å². The van der Waals surface area contributed by atoms with Crippen LogP contribution in [0.15, 0.2) is 42.5 Å². The van der Waals surface area contributed by atoms with Crippen LogP contribution in [-0.2, 0) is 4.79 Å². The number of ether oxygens (including phenoxy) is 1. The number of benzene rings is 2. The Bertz CT molecular complexity index is 1240. The number of carbonyl (C=O) groups is 2. The summed E-state index contributed by atoms with van der Waals surface area (Å²) in [5.41, 5.74) is 0.315. The van der Waals surface area contributed by atoms with E-state index in [1.165, 1.54) is 23.5 Å². The largest absolute Gasteiger partial charge is 0.487 e. The summed E-state index contributed by atoms with van der Waals surface area (Å²) in [6.45, 7) is 2.03. The first kappa shape index (κ1) is 23.2. The Hall–Kier alpha value is -2.52. The van der Waals surface area contributed by atoms with Gasteiger partial charge >= 0.3 is 0 Å². The lowest BCUT2D eigenvalue weighted by Crippen LogP contribution is -2.52. The topological polar surface area (TPSA) is 78.9 Å². The average Bonchev–Trinajstić information content (AvgIpc) is 3.51. The Morgan fingerprint density at radius 2 is 2.00 bits per heavy atom. The molecule has 178 valence electrons. The first-order valence-electron chi connectivity index (χ1n) is 11.3. The summed E-state index contributed by atoms with van der Waals surface area (Å²) in [5, 5.41) is 15.1. The number of likely N-dealkylation sites (tertiary alicyclic amines) is 1. The molecule has 1 aliphatic carbocycles. The summed E-state index contributed by atoms with van der Waals surface area (Å²) in [6.07, 6.45) is 1.72. The van der Waals surface area contributed by atoms with Gasteiger partial charge in [-0.15, -0.1) is 11.3 Å². The molecular formula is C25H24ClFN2O4S. The third-order valence-electron chi connectivity index (χ3n) is 6.13. The summed E-state index contributed by atoms with van der Waals surface area (Å²) >= 11 is 7.22. The minimum atomic E-state index is -1.19. The second-order valence-corrected chi connectivity index (χ2v) is 10.3. The van der Waals surface area contributed by atoms with Gasteiger partial charge in [-0.3, -0.25) is 9.59 Å². The van der Waals surface area contributed by atoms with Crippen LogP contribution in [0, 0.1) is 5.82 Å². The molecule has 1 aromatic heterocycles. The lowest BCUT2D eigenvalue weighted by molar-refractivity contribution is -0.118. The molecule has 9 heteroatoms. The lowest BCUT2D eigenvalue weighted by atomic mass is 9.99. The standard InChI is InChI=1S/C25H24ClFN2O4S/c26-16-4-2-14-11-22(34-21(14)12-16)24(31)25(32)28-19(13-29-8-1-9-29)23(30)15-3-7-20(18(27)10-15)33-17-5-6-17/h2-4,7,10-12,17,19,23,30H,1,5-6,8-9,13H2,(H,28,32)/t19-,23-/m1/s1. The first-order chi connectivity index (χ1) is 16.4. The van der Waals surface area contributed by atoms with Crippen molar-refractivity contribution in [1.82, 2.24) is 10.2 Å². The number of nitrogens with zero attached hydrogens (tertiary/aromatic N) is 1. The molecule has 0 radical (unpaired) electrons. The van der Waals surface area contributed by atoms with Gasteiger partial charge in [-0.1, -0.05) is 23.7 Å². The number of aliphatic hydroxyl groups excluding tert-OH is 1. The van der Waals surface area contributed by atoms with Crippen molar-refractivity contribution in [3.63, 3.8) is 0 Å². The van der Waals surface area contributed by atoms with Crippen molar-refractivity contribution in [3.05, 3.63) is 63.7 Å². The van der Waals surface area contributed by atoms with Crippen LogP contribution in [0.4, 0.5) is 4.39 Å². The second-order valence-electron chi connectivity index (χ2n) is 8.81. The van der Waals surface area contributed by atoms with Crippen molar-refractivity contribution in [3.8, 4) is 5.75 Å². The molecule has 0 unspecified atom stereocenters. The number of aliphatic hydroxyl groups is 1. The number of fused-ring (bicyclic) bond motifs is 1. The number of amides is 1. The normalized spacial score (nSPS) is 17.7. The smallest absolute Gasteiger partial charge is 0.293 e. The highest BCUT2D eigenvalue weighted by Gasteiger charge is 2.31. The Kier molecular flexibility index (Phi) is 6.57. The molecule has 1 saturated carbocycles. The Labute approximate surface area is 205 Å². The lowest BCUT2D eigenvalue weighted by Gasteiger charge is -2.36. The van der Waals surface area contributed by atoms with E-state index >= 15 is 0 Å². The maximum Gasteiger partial charge on any atom is 0.293 e. The summed E-state index contributed by atoms with van der Waals surface area (Å²) in [7, 11) is 0. The quantitative estimate of drug-likeness (QED) is 0.336. The van der Waals surface area contributed by atoms with Crippen LogP contribution in [-0.4, -0.2) is 53.5 Å². The number of rotatable bonds is 9. The van der Waals surface area contributed by atoms with Crippen LogP contribution in [0.2, 0.25) is 5.02 Å². The van der Waals surface area contributed by atoms with Crippen LogP contribution < -0.4 is 10.1 Å². The van der Waals surface area contributed by atoms with Crippen LogP contribution in [0.1, 0.15) is 40.6 Å². The number of nitrogens with one attached hydrogen (secondary N) is 1. The predicted octanol–water partition coefficient (Wildman–Crippen LogP) is 4.34. The van der Waals surface area contributed by atoms with Gasteiger partial charge in [0.2, 0.25) is 0 Å². The van der Waals surface area contributed by atoms with E-state index in [0.717, 1.165) is 42.4 Å². The minimum Gasteiger partial charge on any atom is -0.487 e. The first-order valence-corrected chi connectivity index (χ1v) is 12.5. The number of ketones is 1.